The molecule has 1 unspecified atom stereocenters. The molecule has 0 aromatic heterocycles. The maximum Gasteiger partial charge on any atom is 0.0328 e. The minimum absolute atomic E-state index is 0.481. The molecule has 1 aromatic rings. The third-order valence-corrected chi connectivity index (χ3v) is 4.00. The lowest BCUT2D eigenvalue weighted by Crippen LogP contribution is -2.17. The molecule has 0 aliphatic heterocycles. The van der Waals surface area contributed by atoms with Gasteiger partial charge in [-0.2, -0.15) is 0 Å². The maximum atomic E-state index is 3.53. The largest absolute Gasteiger partial charge is 0.313 e. The van der Waals surface area contributed by atoms with Crippen molar-refractivity contribution in [2.75, 3.05) is 7.05 Å². The molecule has 3 heteroatoms. The summed E-state index contributed by atoms with van der Waals surface area (Å²) in [5.41, 5.74) is 1.40. The van der Waals surface area contributed by atoms with Crippen LogP contribution in [-0.4, -0.2) is 7.05 Å². The van der Waals surface area contributed by atoms with Gasteiger partial charge in [-0.1, -0.05) is 35.7 Å². The van der Waals surface area contributed by atoms with Gasteiger partial charge in [0, 0.05) is 14.1 Å². The smallest absolute Gasteiger partial charge is 0.0328 e. The lowest BCUT2D eigenvalue weighted by molar-refractivity contribution is 0.521. The van der Waals surface area contributed by atoms with Crippen LogP contribution in [0.15, 0.2) is 22.7 Å². The lowest BCUT2D eigenvalue weighted by Gasteiger charge is -2.18. The summed E-state index contributed by atoms with van der Waals surface area (Å²) in [4.78, 5) is 0. The van der Waals surface area contributed by atoms with E-state index >= 15 is 0 Å². The molecule has 1 atom stereocenters. The predicted octanol–water partition coefficient (Wildman–Crippen LogP) is 4.50. The first kappa shape index (κ1) is 13.5. The molecule has 0 heterocycles. The van der Waals surface area contributed by atoms with Crippen molar-refractivity contribution in [1.82, 2.24) is 5.32 Å². The summed E-state index contributed by atoms with van der Waals surface area (Å²) in [7, 11) is 2.04. The van der Waals surface area contributed by atoms with Crippen LogP contribution in [0.25, 0.3) is 0 Å². The van der Waals surface area contributed by atoms with Gasteiger partial charge in [-0.15, -0.1) is 0 Å². The third-order valence-electron chi connectivity index (χ3n) is 2.53. The fourth-order valence-corrected chi connectivity index (χ4v) is 2.74. The van der Waals surface area contributed by atoms with Crippen LogP contribution >= 0.6 is 38.5 Å². The average Bonchev–Trinajstić information content (AvgIpc) is 2.24. The average molecular weight is 382 g/mol. The summed E-state index contributed by atoms with van der Waals surface area (Å²) in [6, 6.07) is 6.96. The molecular formula is C12H17BrIN. The van der Waals surface area contributed by atoms with Crippen LogP contribution in [0.1, 0.15) is 37.8 Å². The Balaban J connectivity index is 2.85. The summed E-state index contributed by atoms with van der Waals surface area (Å²) in [6.45, 7) is 2.23. The Labute approximate surface area is 114 Å². The normalized spacial score (nSPS) is 12.8. The molecule has 1 N–H and O–H groups in total. The molecule has 1 rings (SSSR count). The molecule has 15 heavy (non-hydrogen) atoms. The van der Waals surface area contributed by atoms with Crippen LogP contribution < -0.4 is 5.32 Å². The first-order chi connectivity index (χ1) is 7.19. The van der Waals surface area contributed by atoms with Crippen LogP contribution in [0, 0.1) is 3.57 Å². The van der Waals surface area contributed by atoms with Gasteiger partial charge in [0.1, 0.15) is 0 Å². The zero-order valence-electron chi connectivity index (χ0n) is 9.19. The maximum absolute atomic E-state index is 3.53. The second kappa shape index (κ2) is 6.86. The van der Waals surface area contributed by atoms with E-state index < -0.39 is 0 Å². The molecule has 0 bridgehead atoms. The van der Waals surface area contributed by atoms with Gasteiger partial charge in [-0.25, -0.2) is 0 Å². The molecule has 0 saturated carbocycles. The number of unbranched alkanes of at least 4 members (excludes halogenated alkanes) is 1. The second-order valence-corrected chi connectivity index (χ2v) is 5.73. The monoisotopic (exact) mass is 381 g/mol. The molecule has 0 aliphatic rings. The number of hydrogen-bond donors (Lipinski definition) is 1. The highest BCUT2D eigenvalue weighted by Gasteiger charge is 2.12. The molecule has 0 spiro atoms. The van der Waals surface area contributed by atoms with Crippen LogP contribution in [0.3, 0.4) is 0 Å². The van der Waals surface area contributed by atoms with Gasteiger partial charge in [-0.05, 0) is 59.8 Å². The topological polar surface area (TPSA) is 12.0 Å². The summed E-state index contributed by atoms with van der Waals surface area (Å²) < 4.78 is 2.50. The Morgan fingerprint density at radius 3 is 2.80 bits per heavy atom. The van der Waals surface area contributed by atoms with Gasteiger partial charge >= 0.3 is 0 Å². The van der Waals surface area contributed by atoms with Crippen molar-refractivity contribution in [2.24, 2.45) is 0 Å². The Morgan fingerprint density at radius 2 is 2.20 bits per heavy atom. The molecule has 1 aromatic carbocycles. The van der Waals surface area contributed by atoms with Crippen molar-refractivity contribution in [2.45, 2.75) is 32.2 Å². The van der Waals surface area contributed by atoms with Crippen molar-refractivity contribution in [1.29, 1.82) is 0 Å². The lowest BCUT2D eigenvalue weighted by atomic mass is 10.0. The highest BCUT2D eigenvalue weighted by Crippen LogP contribution is 2.27. The van der Waals surface area contributed by atoms with E-state index in [0.29, 0.717) is 6.04 Å². The quantitative estimate of drug-likeness (QED) is 0.740. The van der Waals surface area contributed by atoms with Crippen LogP contribution in [0.5, 0.6) is 0 Å². The number of halogens is 2. The van der Waals surface area contributed by atoms with Gasteiger partial charge in [0.15, 0.2) is 0 Å². The molecule has 1 nitrogen and oxygen atoms in total. The summed E-state index contributed by atoms with van der Waals surface area (Å²) in [5, 5.41) is 3.40. The summed E-state index contributed by atoms with van der Waals surface area (Å²) in [6.07, 6.45) is 3.73. The van der Waals surface area contributed by atoms with E-state index in [9.17, 15) is 0 Å². The molecule has 0 amide bonds. The zero-order chi connectivity index (χ0) is 11.3. The van der Waals surface area contributed by atoms with Gasteiger partial charge in [0.25, 0.3) is 0 Å². The van der Waals surface area contributed by atoms with Crippen molar-refractivity contribution >= 4 is 38.5 Å². The predicted molar refractivity (Wildman–Crippen MR) is 78.2 cm³/mol. The zero-order valence-corrected chi connectivity index (χ0v) is 12.9. The van der Waals surface area contributed by atoms with E-state index in [-0.39, 0.29) is 0 Å². The Hall–Kier alpha value is 0.390. The van der Waals surface area contributed by atoms with Crippen molar-refractivity contribution in [3.8, 4) is 0 Å². The number of rotatable bonds is 5. The van der Waals surface area contributed by atoms with Gasteiger partial charge < -0.3 is 5.32 Å². The first-order valence-electron chi connectivity index (χ1n) is 5.31. The van der Waals surface area contributed by atoms with E-state index in [1.807, 2.05) is 7.05 Å². The van der Waals surface area contributed by atoms with E-state index in [1.54, 1.807) is 0 Å². The Kier molecular flexibility index (Phi) is 6.16. The van der Waals surface area contributed by atoms with Gasteiger partial charge in [0.2, 0.25) is 0 Å². The van der Waals surface area contributed by atoms with E-state index in [4.69, 9.17) is 0 Å². The highest BCUT2D eigenvalue weighted by molar-refractivity contribution is 14.1. The molecule has 0 aliphatic carbocycles. The van der Waals surface area contributed by atoms with Crippen molar-refractivity contribution in [3.05, 3.63) is 31.8 Å². The fraction of sp³-hybridized carbons (Fsp3) is 0.500. The molecule has 84 valence electrons. The van der Waals surface area contributed by atoms with Crippen LogP contribution in [-0.2, 0) is 0 Å². The summed E-state index contributed by atoms with van der Waals surface area (Å²) >= 11 is 5.94. The third kappa shape index (κ3) is 4.04. The molecule has 0 radical (unpaired) electrons. The number of benzene rings is 1. The Morgan fingerprint density at radius 1 is 1.47 bits per heavy atom. The number of hydrogen-bond acceptors (Lipinski definition) is 1. The fourth-order valence-electron chi connectivity index (χ4n) is 1.65. The van der Waals surface area contributed by atoms with E-state index in [1.165, 1.54) is 28.4 Å². The van der Waals surface area contributed by atoms with Crippen molar-refractivity contribution < 1.29 is 0 Å². The Bertz CT molecular complexity index is 314. The summed E-state index contributed by atoms with van der Waals surface area (Å²) in [5.74, 6) is 0. The standard InChI is InChI=1S/C12H17BrIN/c1-3-4-5-12(15-2)10-8-9(13)6-7-11(10)14/h6-8,12,15H,3-5H2,1-2H3. The minimum atomic E-state index is 0.481. The van der Waals surface area contributed by atoms with Crippen LogP contribution in [0.4, 0.5) is 0 Å². The highest BCUT2D eigenvalue weighted by atomic mass is 127. The second-order valence-electron chi connectivity index (χ2n) is 3.65. The van der Waals surface area contributed by atoms with Crippen molar-refractivity contribution in [3.63, 3.8) is 0 Å². The molecule has 0 saturated heterocycles. The van der Waals surface area contributed by atoms with Gasteiger partial charge in [0.05, 0.1) is 0 Å². The number of nitrogens with one attached hydrogen (secondary N) is 1. The van der Waals surface area contributed by atoms with E-state index in [2.05, 4.69) is 69.0 Å². The SMILES string of the molecule is CCCCC(NC)c1cc(Br)ccc1I. The van der Waals surface area contributed by atoms with Crippen LogP contribution in [0.2, 0.25) is 0 Å². The first-order valence-corrected chi connectivity index (χ1v) is 7.18. The van der Waals surface area contributed by atoms with E-state index in [0.717, 1.165) is 4.47 Å². The molecule has 0 fully saturated rings. The molecular weight excluding hydrogens is 365 g/mol. The minimum Gasteiger partial charge on any atom is -0.313 e. The van der Waals surface area contributed by atoms with Gasteiger partial charge in [-0.3, -0.25) is 0 Å².